The number of piperidine rings is 1. The number of anilines is 2. The van der Waals surface area contributed by atoms with Gasteiger partial charge < -0.3 is 9.80 Å². The first-order chi connectivity index (χ1) is 9.69. The first-order valence-corrected chi connectivity index (χ1v) is 7.18. The Labute approximate surface area is 118 Å². The van der Waals surface area contributed by atoms with E-state index >= 15 is 0 Å². The molecule has 0 unspecified atom stereocenters. The van der Waals surface area contributed by atoms with Gasteiger partial charge in [0, 0.05) is 26.2 Å². The molecule has 20 heavy (non-hydrogen) atoms. The number of hydrogen-bond acceptors (Lipinski definition) is 6. The Bertz CT molecular complexity index is 470. The molecule has 0 atom stereocenters. The summed E-state index contributed by atoms with van der Waals surface area (Å²) in [7, 11) is 0. The van der Waals surface area contributed by atoms with Crippen LogP contribution >= 0.6 is 0 Å². The predicted octanol–water partition coefficient (Wildman–Crippen LogP) is 2.22. The van der Waals surface area contributed by atoms with Crippen molar-refractivity contribution in [2.24, 2.45) is 0 Å². The van der Waals surface area contributed by atoms with Crippen LogP contribution in [-0.2, 0) is 0 Å². The van der Waals surface area contributed by atoms with E-state index in [1.807, 2.05) is 23.6 Å². The van der Waals surface area contributed by atoms with Crippen LogP contribution in [0.3, 0.4) is 0 Å². The molecule has 1 aromatic heterocycles. The Kier molecular flexibility index (Phi) is 4.70. The lowest BCUT2D eigenvalue weighted by atomic mass is 10.1. The topological polar surface area (TPSA) is 75.4 Å². The molecule has 1 aliphatic heterocycles. The molecule has 0 radical (unpaired) electrons. The zero-order valence-electron chi connectivity index (χ0n) is 12.1. The second-order valence-corrected chi connectivity index (χ2v) is 4.85. The summed E-state index contributed by atoms with van der Waals surface area (Å²) in [4.78, 5) is 23.4. The van der Waals surface area contributed by atoms with Gasteiger partial charge in [-0.15, -0.1) is 0 Å². The van der Waals surface area contributed by atoms with Crippen LogP contribution in [0, 0.1) is 10.1 Å². The van der Waals surface area contributed by atoms with Crippen LogP contribution in [0.15, 0.2) is 6.33 Å². The summed E-state index contributed by atoms with van der Waals surface area (Å²) in [6.07, 6.45) is 4.73. The van der Waals surface area contributed by atoms with Crippen molar-refractivity contribution < 1.29 is 4.92 Å². The molecule has 2 heterocycles. The third-order valence-corrected chi connectivity index (χ3v) is 3.68. The van der Waals surface area contributed by atoms with Crippen molar-refractivity contribution >= 4 is 17.3 Å². The van der Waals surface area contributed by atoms with Gasteiger partial charge in [0.1, 0.15) is 6.33 Å². The zero-order valence-corrected chi connectivity index (χ0v) is 12.1. The van der Waals surface area contributed by atoms with Crippen molar-refractivity contribution in [3.8, 4) is 0 Å². The van der Waals surface area contributed by atoms with Gasteiger partial charge in [0.05, 0.1) is 4.92 Å². The average Bonchev–Trinajstić information content (AvgIpc) is 2.49. The largest absolute Gasteiger partial charge is 0.353 e. The molecule has 1 saturated heterocycles. The lowest BCUT2D eigenvalue weighted by Crippen LogP contribution is -2.32. The molecule has 2 rings (SSSR count). The molecule has 0 amide bonds. The van der Waals surface area contributed by atoms with Crippen molar-refractivity contribution in [1.29, 1.82) is 0 Å². The molecule has 0 spiro atoms. The number of nitrogens with zero attached hydrogens (tertiary/aromatic N) is 5. The van der Waals surface area contributed by atoms with E-state index in [1.165, 1.54) is 12.7 Å². The van der Waals surface area contributed by atoms with Gasteiger partial charge in [-0.3, -0.25) is 10.1 Å². The standard InChI is InChI=1S/C13H21N5O2/c1-3-16(4-2)12-11(18(19)20)13(15-10-14-12)17-8-6-5-7-9-17/h10H,3-9H2,1-2H3. The van der Waals surface area contributed by atoms with E-state index in [2.05, 4.69) is 9.97 Å². The highest BCUT2D eigenvalue weighted by Crippen LogP contribution is 2.35. The maximum Gasteiger partial charge on any atom is 0.353 e. The predicted molar refractivity (Wildman–Crippen MR) is 78.3 cm³/mol. The highest BCUT2D eigenvalue weighted by molar-refractivity contribution is 5.71. The molecule has 0 aromatic carbocycles. The average molecular weight is 279 g/mol. The first kappa shape index (κ1) is 14.5. The van der Waals surface area contributed by atoms with E-state index in [9.17, 15) is 10.1 Å². The van der Waals surface area contributed by atoms with Crippen LogP contribution in [-0.4, -0.2) is 41.1 Å². The summed E-state index contributed by atoms with van der Waals surface area (Å²) in [5.41, 5.74) is 0.0399. The minimum Gasteiger partial charge on any atom is -0.351 e. The Morgan fingerprint density at radius 3 is 2.45 bits per heavy atom. The second kappa shape index (κ2) is 6.49. The summed E-state index contributed by atoms with van der Waals surface area (Å²) in [6.45, 7) is 6.97. The lowest BCUT2D eigenvalue weighted by molar-refractivity contribution is -0.383. The van der Waals surface area contributed by atoms with Crippen LogP contribution in [0.25, 0.3) is 0 Å². The Balaban J connectivity index is 2.45. The molecule has 7 heteroatoms. The van der Waals surface area contributed by atoms with E-state index < -0.39 is 0 Å². The highest BCUT2D eigenvalue weighted by Gasteiger charge is 2.29. The first-order valence-electron chi connectivity index (χ1n) is 7.18. The quantitative estimate of drug-likeness (QED) is 0.607. The van der Waals surface area contributed by atoms with Gasteiger partial charge in [-0.2, -0.15) is 0 Å². The Hall–Kier alpha value is -1.92. The van der Waals surface area contributed by atoms with Crippen LogP contribution in [0.1, 0.15) is 33.1 Å². The van der Waals surface area contributed by atoms with E-state index in [1.54, 1.807) is 0 Å². The molecule has 1 fully saturated rings. The second-order valence-electron chi connectivity index (χ2n) is 4.85. The van der Waals surface area contributed by atoms with Crippen LogP contribution in [0.2, 0.25) is 0 Å². The van der Waals surface area contributed by atoms with E-state index in [0.717, 1.165) is 25.9 Å². The third-order valence-electron chi connectivity index (χ3n) is 3.68. The van der Waals surface area contributed by atoms with Crippen molar-refractivity contribution in [2.45, 2.75) is 33.1 Å². The molecule has 1 aliphatic rings. The SMILES string of the molecule is CCN(CC)c1ncnc(N2CCCCC2)c1[N+](=O)[O-]. The molecule has 0 N–H and O–H groups in total. The molecule has 7 nitrogen and oxygen atoms in total. The van der Waals surface area contributed by atoms with Crippen molar-refractivity contribution in [1.82, 2.24) is 9.97 Å². The fourth-order valence-corrected chi connectivity index (χ4v) is 2.62. The van der Waals surface area contributed by atoms with Gasteiger partial charge in [0.2, 0.25) is 11.6 Å². The van der Waals surface area contributed by atoms with Gasteiger partial charge in [-0.25, -0.2) is 9.97 Å². The number of rotatable bonds is 5. The minimum absolute atomic E-state index is 0.0399. The van der Waals surface area contributed by atoms with Gasteiger partial charge in [0.15, 0.2) is 0 Å². The summed E-state index contributed by atoms with van der Waals surface area (Å²) in [5.74, 6) is 0.891. The number of aromatic nitrogens is 2. The maximum atomic E-state index is 11.5. The van der Waals surface area contributed by atoms with Crippen molar-refractivity contribution in [2.75, 3.05) is 36.0 Å². The zero-order chi connectivity index (χ0) is 14.5. The third kappa shape index (κ3) is 2.81. The summed E-state index contributed by atoms with van der Waals surface area (Å²) < 4.78 is 0. The van der Waals surface area contributed by atoms with Crippen LogP contribution < -0.4 is 9.80 Å². The molecular weight excluding hydrogens is 258 g/mol. The molecule has 0 aliphatic carbocycles. The number of nitro groups is 1. The smallest absolute Gasteiger partial charge is 0.351 e. The van der Waals surface area contributed by atoms with E-state index in [4.69, 9.17) is 0 Å². The lowest BCUT2D eigenvalue weighted by Gasteiger charge is -2.28. The maximum absolute atomic E-state index is 11.5. The van der Waals surface area contributed by atoms with Gasteiger partial charge >= 0.3 is 5.69 Å². The fourth-order valence-electron chi connectivity index (χ4n) is 2.62. The molecule has 1 aromatic rings. The normalized spacial score (nSPS) is 15.2. The summed E-state index contributed by atoms with van der Waals surface area (Å²) >= 11 is 0. The van der Waals surface area contributed by atoms with Gasteiger partial charge in [-0.05, 0) is 33.1 Å². The fraction of sp³-hybridized carbons (Fsp3) is 0.692. The number of hydrogen-bond donors (Lipinski definition) is 0. The molecular formula is C13H21N5O2. The Morgan fingerprint density at radius 2 is 1.90 bits per heavy atom. The van der Waals surface area contributed by atoms with E-state index in [-0.39, 0.29) is 10.6 Å². The molecule has 110 valence electrons. The minimum atomic E-state index is -0.350. The molecule has 0 bridgehead atoms. The van der Waals surface area contributed by atoms with Crippen LogP contribution in [0.4, 0.5) is 17.3 Å². The van der Waals surface area contributed by atoms with Gasteiger partial charge in [-0.1, -0.05) is 0 Å². The Morgan fingerprint density at radius 1 is 1.25 bits per heavy atom. The molecule has 0 saturated carbocycles. The monoisotopic (exact) mass is 279 g/mol. The van der Waals surface area contributed by atoms with Crippen LogP contribution in [0.5, 0.6) is 0 Å². The van der Waals surface area contributed by atoms with Crippen molar-refractivity contribution in [3.63, 3.8) is 0 Å². The van der Waals surface area contributed by atoms with Gasteiger partial charge in [0.25, 0.3) is 0 Å². The highest BCUT2D eigenvalue weighted by atomic mass is 16.6. The summed E-state index contributed by atoms with van der Waals surface area (Å²) in [5, 5.41) is 11.5. The van der Waals surface area contributed by atoms with Crippen molar-refractivity contribution in [3.05, 3.63) is 16.4 Å². The summed E-state index contributed by atoms with van der Waals surface area (Å²) in [6, 6.07) is 0. The van der Waals surface area contributed by atoms with E-state index in [0.29, 0.717) is 24.7 Å².